The topological polar surface area (TPSA) is 92.5 Å². The van der Waals surface area contributed by atoms with Crippen LogP contribution in [0.5, 0.6) is 0 Å². The summed E-state index contributed by atoms with van der Waals surface area (Å²) in [4.78, 5) is 10.4. The van der Waals surface area contributed by atoms with Gasteiger partial charge in [-0.15, -0.1) is 0 Å². The van der Waals surface area contributed by atoms with E-state index in [1.165, 1.54) is 10.6 Å². The van der Waals surface area contributed by atoms with Crippen molar-refractivity contribution >= 4 is 15.9 Å². The van der Waals surface area contributed by atoms with E-state index in [-0.39, 0.29) is 5.91 Å². The van der Waals surface area contributed by atoms with Crippen LogP contribution in [-0.4, -0.2) is 51.1 Å². The van der Waals surface area contributed by atoms with Gasteiger partial charge in [0.05, 0.1) is 6.26 Å². The quantitative estimate of drug-likeness (QED) is 0.521. The summed E-state index contributed by atoms with van der Waals surface area (Å²) in [7, 11) is -3.09. The lowest BCUT2D eigenvalue weighted by atomic mass is 10.3. The molecule has 0 radical (unpaired) electrons. The molecule has 0 aromatic heterocycles. The average Bonchev–Trinajstić information content (AvgIpc) is 2.14. The van der Waals surface area contributed by atoms with E-state index in [2.05, 4.69) is 5.32 Å². The zero-order chi connectivity index (χ0) is 12.6. The Morgan fingerprint density at radius 3 is 2.44 bits per heavy atom. The van der Waals surface area contributed by atoms with Gasteiger partial charge in [-0.1, -0.05) is 6.92 Å². The molecule has 96 valence electrons. The summed E-state index contributed by atoms with van der Waals surface area (Å²) >= 11 is 0. The van der Waals surface area contributed by atoms with Gasteiger partial charge in [-0.2, -0.15) is 0 Å². The van der Waals surface area contributed by atoms with Crippen LogP contribution in [0.15, 0.2) is 0 Å². The minimum Gasteiger partial charge on any atom is -0.370 e. The standard InChI is InChI=1S/C9H21N3O3S/c1-3-12(16(2,14)15)8-4-6-11-7-5-9(10)13/h11H,3-8H2,1-2H3,(H2,10,13). The highest BCUT2D eigenvalue weighted by Gasteiger charge is 2.12. The Kier molecular flexibility index (Phi) is 7.27. The molecule has 1 amide bonds. The van der Waals surface area contributed by atoms with Crippen LogP contribution in [0.1, 0.15) is 19.8 Å². The molecule has 7 heteroatoms. The zero-order valence-corrected chi connectivity index (χ0v) is 10.7. The fourth-order valence-corrected chi connectivity index (χ4v) is 2.21. The molecule has 0 atom stereocenters. The Bertz CT molecular complexity index is 303. The van der Waals surface area contributed by atoms with Gasteiger partial charge in [0.2, 0.25) is 15.9 Å². The first-order chi connectivity index (χ1) is 7.38. The van der Waals surface area contributed by atoms with Gasteiger partial charge in [0.1, 0.15) is 0 Å². The summed E-state index contributed by atoms with van der Waals surface area (Å²) in [5.74, 6) is -0.334. The molecule has 0 aliphatic heterocycles. The van der Waals surface area contributed by atoms with E-state index in [0.717, 1.165) is 6.42 Å². The molecule has 0 aliphatic rings. The van der Waals surface area contributed by atoms with E-state index < -0.39 is 10.0 Å². The highest BCUT2D eigenvalue weighted by molar-refractivity contribution is 7.88. The molecular formula is C9H21N3O3S. The van der Waals surface area contributed by atoms with Gasteiger partial charge in [0.25, 0.3) is 0 Å². The second-order valence-electron chi connectivity index (χ2n) is 3.57. The zero-order valence-electron chi connectivity index (χ0n) is 9.90. The van der Waals surface area contributed by atoms with Crippen molar-refractivity contribution in [3.8, 4) is 0 Å². The molecule has 0 spiro atoms. The molecule has 3 N–H and O–H groups in total. The first-order valence-electron chi connectivity index (χ1n) is 5.32. The van der Waals surface area contributed by atoms with Gasteiger partial charge in [-0.25, -0.2) is 12.7 Å². The van der Waals surface area contributed by atoms with E-state index >= 15 is 0 Å². The van der Waals surface area contributed by atoms with Gasteiger partial charge >= 0.3 is 0 Å². The summed E-state index contributed by atoms with van der Waals surface area (Å²) in [5, 5.41) is 3.03. The molecule has 0 unspecified atom stereocenters. The number of nitrogens with two attached hydrogens (primary N) is 1. The number of nitrogens with one attached hydrogen (secondary N) is 1. The Labute approximate surface area is 97.2 Å². The van der Waals surface area contributed by atoms with E-state index in [1.54, 1.807) is 0 Å². The molecule has 0 saturated heterocycles. The molecule has 6 nitrogen and oxygen atoms in total. The SMILES string of the molecule is CCN(CCCNCCC(N)=O)S(C)(=O)=O. The maximum absolute atomic E-state index is 11.2. The van der Waals surface area contributed by atoms with E-state index in [4.69, 9.17) is 5.73 Å². The van der Waals surface area contributed by atoms with Crippen molar-refractivity contribution in [2.24, 2.45) is 5.73 Å². The maximum Gasteiger partial charge on any atom is 0.218 e. The third-order valence-electron chi connectivity index (χ3n) is 2.13. The first-order valence-corrected chi connectivity index (χ1v) is 7.17. The van der Waals surface area contributed by atoms with Crippen LogP contribution < -0.4 is 11.1 Å². The predicted octanol–water partition coefficient (Wildman–Crippen LogP) is -0.877. The Morgan fingerprint density at radius 1 is 1.38 bits per heavy atom. The molecule has 0 aromatic carbocycles. The molecule has 16 heavy (non-hydrogen) atoms. The lowest BCUT2D eigenvalue weighted by Crippen LogP contribution is -2.32. The number of hydrogen-bond donors (Lipinski definition) is 2. The molecule has 0 heterocycles. The number of nitrogens with zero attached hydrogens (tertiary/aromatic N) is 1. The normalized spacial score (nSPS) is 11.9. The van der Waals surface area contributed by atoms with Crippen LogP contribution in [0.3, 0.4) is 0 Å². The fraction of sp³-hybridized carbons (Fsp3) is 0.889. The smallest absolute Gasteiger partial charge is 0.218 e. The summed E-state index contributed by atoms with van der Waals surface area (Å²) in [5.41, 5.74) is 4.97. The van der Waals surface area contributed by atoms with Crippen molar-refractivity contribution in [3.63, 3.8) is 0 Å². The minimum absolute atomic E-state index is 0.309. The lowest BCUT2D eigenvalue weighted by Gasteiger charge is -2.17. The molecule has 0 aromatic rings. The number of sulfonamides is 1. The average molecular weight is 251 g/mol. The summed E-state index contributed by atoms with van der Waals surface area (Å²) in [6, 6.07) is 0. The van der Waals surface area contributed by atoms with Crippen LogP contribution in [-0.2, 0) is 14.8 Å². The van der Waals surface area contributed by atoms with Gasteiger partial charge in [0.15, 0.2) is 0 Å². The first kappa shape index (κ1) is 15.3. The van der Waals surface area contributed by atoms with Crippen molar-refractivity contribution in [3.05, 3.63) is 0 Å². The lowest BCUT2D eigenvalue weighted by molar-refractivity contribution is -0.117. The molecule has 0 saturated carbocycles. The van der Waals surface area contributed by atoms with Crippen LogP contribution in [0, 0.1) is 0 Å². The molecule has 0 fully saturated rings. The van der Waals surface area contributed by atoms with Gasteiger partial charge in [-0.3, -0.25) is 4.79 Å². The van der Waals surface area contributed by atoms with Crippen LogP contribution in [0.4, 0.5) is 0 Å². The predicted molar refractivity (Wildman–Crippen MR) is 63.4 cm³/mol. The van der Waals surface area contributed by atoms with Crippen molar-refractivity contribution in [2.75, 3.05) is 32.4 Å². The number of carbonyl (C=O) groups excluding carboxylic acids is 1. The molecule has 0 rings (SSSR count). The number of amides is 1. The second kappa shape index (κ2) is 7.59. The Morgan fingerprint density at radius 2 is 2.00 bits per heavy atom. The summed E-state index contributed by atoms with van der Waals surface area (Å²) in [6.45, 7) is 4.01. The van der Waals surface area contributed by atoms with E-state index in [0.29, 0.717) is 32.6 Å². The maximum atomic E-state index is 11.2. The number of carbonyl (C=O) groups is 1. The number of rotatable bonds is 9. The molecule has 0 bridgehead atoms. The number of primary amides is 1. The molecule has 0 aliphatic carbocycles. The van der Waals surface area contributed by atoms with E-state index in [1.807, 2.05) is 6.92 Å². The fourth-order valence-electron chi connectivity index (χ4n) is 1.28. The third-order valence-corrected chi connectivity index (χ3v) is 3.51. The molecular weight excluding hydrogens is 230 g/mol. The highest BCUT2D eigenvalue weighted by Crippen LogP contribution is 1.97. The van der Waals surface area contributed by atoms with Crippen molar-refractivity contribution in [2.45, 2.75) is 19.8 Å². The van der Waals surface area contributed by atoms with Crippen molar-refractivity contribution in [1.29, 1.82) is 0 Å². The van der Waals surface area contributed by atoms with Gasteiger partial charge in [-0.05, 0) is 13.0 Å². The van der Waals surface area contributed by atoms with Gasteiger partial charge in [0, 0.05) is 26.1 Å². The summed E-state index contributed by atoms with van der Waals surface area (Å²) < 4.78 is 23.9. The number of hydrogen-bond acceptors (Lipinski definition) is 4. The Balaban J connectivity index is 3.61. The largest absolute Gasteiger partial charge is 0.370 e. The van der Waals surface area contributed by atoms with Crippen molar-refractivity contribution in [1.82, 2.24) is 9.62 Å². The Hall–Kier alpha value is -0.660. The van der Waals surface area contributed by atoms with Crippen molar-refractivity contribution < 1.29 is 13.2 Å². The third kappa shape index (κ3) is 7.61. The minimum atomic E-state index is -3.09. The van der Waals surface area contributed by atoms with Crippen LogP contribution >= 0.6 is 0 Å². The summed E-state index contributed by atoms with van der Waals surface area (Å²) in [6.07, 6.45) is 2.24. The van der Waals surface area contributed by atoms with E-state index in [9.17, 15) is 13.2 Å². The van der Waals surface area contributed by atoms with Crippen LogP contribution in [0.2, 0.25) is 0 Å². The van der Waals surface area contributed by atoms with Crippen LogP contribution in [0.25, 0.3) is 0 Å². The second-order valence-corrected chi connectivity index (χ2v) is 5.56. The van der Waals surface area contributed by atoms with Gasteiger partial charge < -0.3 is 11.1 Å². The highest BCUT2D eigenvalue weighted by atomic mass is 32.2. The monoisotopic (exact) mass is 251 g/mol.